The summed E-state index contributed by atoms with van der Waals surface area (Å²) in [6.45, 7) is 6.31. The molecule has 7 heteroatoms. The van der Waals surface area contributed by atoms with E-state index in [2.05, 4.69) is 61.3 Å². The van der Waals surface area contributed by atoms with Gasteiger partial charge in [-0.1, -0.05) is 29.8 Å². The van der Waals surface area contributed by atoms with E-state index in [4.69, 9.17) is 4.74 Å². The summed E-state index contributed by atoms with van der Waals surface area (Å²) in [6.07, 6.45) is 3.19. The second kappa shape index (κ2) is 7.16. The summed E-state index contributed by atoms with van der Waals surface area (Å²) < 4.78 is 5.52. The average molecular weight is 338 g/mol. The predicted molar refractivity (Wildman–Crippen MR) is 96.5 cm³/mol. The fourth-order valence-corrected chi connectivity index (χ4v) is 3.32. The van der Waals surface area contributed by atoms with Crippen molar-refractivity contribution in [3.8, 4) is 0 Å². The Hall–Kier alpha value is -2.51. The van der Waals surface area contributed by atoms with Crippen molar-refractivity contribution in [3.63, 3.8) is 0 Å². The van der Waals surface area contributed by atoms with E-state index in [0.717, 1.165) is 44.2 Å². The van der Waals surface area contributed by atoms with Crippen LogP contribution in [0.5, 0.6) is 0 Å². The quantitative estimate of drug-likeness (QED) is 0.742. The maximum Gasteiger partial charge on any atom is 0.182 e. The molecule has 0 radical (unpaired) electrons. The van der Waals surface area contributed by atoms with E-state index in [9.17, 15) is 0 Å². The third-order valence-corrected chi connectivity index (χ3v) is 4.60. The number of rotatable bonds is 5. The zero-order valence-corrected chi connectivity index (χ0v) is 14.3. The number of anilines is 1. The smallest absolute Gasteiger partial charge is 0.182 e. The molecule has 0 saturated carbocycles. The Morgan fingerprint density at radius 3 is 2.96 bits per heavy atom. The van der Waals surface area contributed by atoms with E-state index in [1.165, 1.54) is 11.1 Å². The van der Waals surface area contributed by atoms with Crippen molar-refractivity contribution in [3.05, 3.63) is 48.0 Å². The van der Waals surface area contributed by atoms with Crippen molar-refractivity contribution in [2.45, 2.75) is 13.0 Å². The van der Waals surface area contributed by atoms with Gasteiger partial charge in [0.2, 0.25) is 0 Å². The molecule has 1 atom stereocenters. The topological polar surface area (TPSA) is 79.0 Å². The molecule has 130 valence electrons. The number of fused-ring (bicyclic) bond motifs is 1. The van der Waals surface area contributed by atoms with Crippen LogP contribution in [0.25, 0.3) is 11.2 Å². The molecule has 3 aromatic rings. The van der Waals surface area contributed by atoms with E-state index >= 15 is 0 Å². The summed E-state index contributed by atoms with van der Waals surface area (Å²) in [5.41, 5.74) is 4.10. The molecule has 0 aliphatic carbocycles. The minimum atomic E-state index is 0.261. The lowest BCUT2D eigenvalue weighted by Crippen LogP contribution is -2.41. The van der Waals surface area contributed by atoms with E-state index in [1.54, 1.807) is 12.7 Å². The molecule has 0 spiro atoms. The third kappa shape index (κ3) is 3.47. The van der Waals surface area contributed by atoms with Gasteiger partial charge >= 0.3 is 0 Å². The Morgan fingerprint density at radius 2 is 2.12 bits per heavy atom. The van der Waals surface area contributed by atoms with Crippen LogP contribution in [0, 0.1) is 6.92 Å². The van der Waals surface area contributed by atoms with E-state index in [-0.39, 0.29) is 6.04 Å². The monoisotopic (exact) mass is 338 g/mol. The number of nitrogens with one attached hydrogen (secondary N) is 2. The Bertz CT molecular complexity index is 842. The standard InChI is InChI=1S/C18H22N6O/c1-13-3-2-4-14(9-13)15(24-5-7-25-8-6-24)10-19-17-16-18(21-11-20-16)23-12-22-17/h2-4,9,11-12,15H,5-8,10H2,1H3,(H2,19,20,21,22,23). The highest BCUT2D eigenvalue weighted by Crippen LogP contribution is 2.24. The molecule has 25 heavy (non-hydrogen) atoms. The third-order valence-electron chi connectivity index (χ3n) is 4.60. The maximum absolute atomic E-state index is 5.52. The largest absolute Gasteiger partial charge is 0.379 e. The van der Waals surface area contributed by atoms with Gasteiger partial charge in [0, 0.05) is 19.6 Å². The highest BCUT2D eigenvalue weighted by atomic mass is 16.5. The molecule has 2 N–H and O–H groups in total. The van der Waals surface area contributed by atoms with Gasteiger partial charge < -0.3 is 15.0 Å². The van der Waals surface area contributed by atoms with Gasteiger partial charge in [0.1, 0.15) is 11.8 Å². The van der Waals surface area contributed by atoms with Crippen LogP contribution < -0.4 is 5.32 Å². The predicted octanol–water partition coefficient (Wildman–Crippen LogP) is 2.15. The molecule has 3 heterocycles. The van der Waals surface area contributed by atoms with Crippen molar-refractivity contribution >= 4 is 17.0 Å². The van der Waals surface area contributed by atoms with Gasteiger partial charge in [0.15, 0.2) is 11.5 Å². The average Bonchev–Trinajstić information content (AvgIpc) is 3.12. The maximum atomic E-state index is 5.52. The summed E-state index contributed by atoms with van der Waals surface area (Å²) in [5.74, 6) is 0.786. The highest BCUT2D eigenvalue weighted by molar-refractivity contribution is 5.81. The fraction of sp³-hybridized carbons (Fsp3) is 0.389. The number of hydrogen-bond acceptors (Lipinski definition) is 6. The molecule has 2 aromatic heterocycles. The van der Waals surface area contributed by atoms with Crippen molar-refractivity contribution < 1.29 is 4.74 Å². The first kappa shape index (κ1) is 16.0. The van der Waals surface area contributed by atoms with Crippen LogP contribution in [0.2, 0.25) is 0 Å². The number of hydrogen-bond donors (Lipinski definition) is 2. The van der Waals surface area contributed by atoms with Gasteiger partial charge in [-0.2, -0.15) is 0 Å². The van der Waals surface area contributed by atoms with Gasteiger partial charge in [-0.25, -0.2) is 15.0 Å². The van der Waals surface area contributed by atoms with E-state index < -0.39 is 0 Å². The lowest BCUT2D eigenvalue weighted by Gasteiger charge is -2.35. The lowest BCUT2D eigenvalue weighted by atomic mass is 10.0. The second-order valence-electron chi connectivity index (χ2n) is 6.28. The summed E-state index contributed by atoms with van der Waals surface area (Å²) in [6, 6.07) is 8.97. The summed E-state index contributed by atoms with van der Waals surface area (Å²) >= 11 is 0. The summed E-state index contributed by atoms with van der Waals surface area (Å²) in [7, 11) is 0. The fourth-order valence-electron chi connectivity index (χ4n) is 3.32. The molecule has 4 rings (SSSR count). The van der Waals surface area contributed by atoms with Crippen LogP contribution in [0.15, 0.2) is 36.9 Å². The number of benzene rings is 1. The molecule has 0 bridgehead atoms. The number of H-pyrrole nitrogens is 1. The molecule has 1 aliphatic rings. The normalized spacial score (nSPS) is 16.8. The van der Waals surface area contributed by atoms with Crippen molar-refractivity contribution in [2.24, 2.45) is 0 Å². The van der Waals surface area contributed by atoms with Crippen LogP contribution in [0.1, 0.15) is 17.2 Å². The minimum Gasteiger partial charge on any atom is -0.379 e. The van der Waals surface area contributed by atoms with Gasteiger partial charge in [-0.15, -0.1) is 0 Å². The second-order valence-corrected chi connectivity index (χ2v) is 6.28. The zero-order valence-electron chi connectivity index (χ0n) is 14.3. The van der Waals surface area contributed by atoms with Crippen LogP contribution in [-0.4, -0.2) is 57.7 Å². The first-order valence-electron chi connectivity index (χ1n) is 8.57. The van der Waals surface area contributed by atoms with Crippen molar-refractivity contribution in [2.75, 3.05) is 38.2 Å². The van der Waals surface area contributed by atoms with Crippen LogP contribution in [-0.2, 0) is 4.74 Å². The molecular formula is C18H22N6O. The number of morpholine rings is 1. The first-order chi connectivity index (χ1) is 12.3. The Labute approximate surface area is 146 Å². The number of aromatic amines is 1. The number of imidazole rings is 1. The molecule has 7 nitrogen and oxygen atoms in total. The SMILES string of the molecule is Cc1cccc(C(CNc2ncnc3nc[nH]c23)N2CCOCC2)c1. The van der Waals surface area contributed by atoms with Crippen LogP contribution in [0.3, 0.4) is 0 Å². The van der Waals surface area contributed by atoms with Crippen molar-refractivity contribution in [1.82, 2.24) is 24.8 Å². The highest BCUT2D eigenvalue weighted by Gasteiger charge is 2.23. The van der Waals surface area contributed by atoms with Gasteiger partial charge in [0.05, 0.1) is 25.6 Å². The zero-order chi connectivity index (χ0) is 17.1. The Kier molecular flexibility index (Phi) is 4.58. The number of aromatic nitrogens is 4. The summed E-state index contributed by atoms with van der Waals surface area (Å²) in [5, 5.41) is 3.48. The van der Waals surface area contributed by atoms with Crippen LogP contribution >= 0.6 is 0 Å². The molecular weight excluding hydrogens is 316 g/mol. The summed E-state index contributed by atoms with van der Waals surface area (Å²) in [4.78, 5) is 18.3. The molecule has 1 aliphatic heterocycles. The molecule has 1 aromatic carbocycles. The van der Waals surface area contributed by atoms with E-state index in [0.29, 0.717) is 5.65 Å². The molecule has 1 unspecified atom stereocenters. The van der Waals surface area contributed by atoms with Crippen LogP contribution in [0.4, 0.5) is 5.82 Å². The lowest BCUT2D eigenvalue weighted by molar-refractivity contribution is 0.0187. The van der Waals surface area contributed by atoms with Crippen molar-refractivity contribution in [1.29, 1.82) is 0 Å². The van der Waals surface area contributed by atoms with Gasteiger partial charge in [0.25, 0.3) is 0 Å². The molecule has 1 saturated heterocycles. The number of nitrogens with zero attached hydrogens (tertiary/aromatic N) is 4. The first-order valence-corrected chi connectivity index (χ1v) is 8.57. The molecule has 0 amide bonds. The minimum absolute atomic E-state index is 0.261. The van der Waals surface area contributed by atoms with Gasteiger partial charge in [-0.05, 0) is 12.5 Å². The van der Waals surface area contributed by atoms with Gasteiger partial charge in [-0.3, -0.25) is 4.90 Å². The van der Waals surface area contributed by atoms with E-state index in [1.807, 2.05) is 0 Å². The Morgan fingerprint density at radius 1 is 1.24 bits per heavy atom. The molecule has 1 fully saturated rings. The number of aryl methyl sites for hydroxylation is 1. The number of ether oxygens (including phenoxy) is 1. The Balaban J connectivity index is 1.58.